The molecule has 0 aliphatic carbocycles. The second-order valence-electron chi connectivity index (χ2n) is 8.50. The van der Waals surface area contributed by atoms with Gasteiger partial charge in [0.15, 0.2) is 5.82 Å². The van der Waals surface area contributed by atoms with E-state index in [1.807, 2.05) is 48.5 Å². The first kappa shape index (κ1) is 26.7. The summed E-state index contributed by atoms with van der Waals surface area (Å²) in [6.07, 6.45) is 0. The van der Waals surface area contributed by atoms with Gasteiger partial charge < -0.3 is 15.7 Å². The predicted molar refractivity (Wildman–Crippen MR) is 149 cm³/mol. The number of rotatable bonds is 7. The van der Waals surface area contributed by atoms with Crippen molar-refractivity contribution in [1.29, 1.82) is 0 Å². The van der Waals surface area contributed by atoms with Gasteiger partial charge in [-0.2, -0.15) is 0 Å². The fraction of sp³-hybridized carbons (Fsp3) is 0.200. The van der Waals surface area contributed by atoms with Gasteiger partial charge in [-0.05, 0) is 39.9 Å². The summed E-state index contributed by atoms with van der Waals surface area (Å²) in [4.78, 5) is 46.0. The number of fused-ring (bicyclic) bond motifs is 1. The number of carboxylic acids is 1. The maximum atomic E-state index is 13.5. The zero-order chi connectivity index (χ0) is 27.7. The van der Waals surface area contributed by atoms with Crippen molar-refractivity contribution < 1.29 is 24.3 Å². The minimum atomic E-state index is -1.24. The minimum absolute atomic E-state index is 0.109. The lowest BCUT2D eigenvalue weighted by atomic mass is 9.95. The SMILES string of the molecule is CO/N=C(\N)C(=O)N(c1csnn1)[C@@H]1C(=O)N2C(C(=O)O)=C(c3cccc(-c4ccc(CCl)cc4)c3)CS[C@@H]12. The van der Waals surface area contributed by atoms with Gasteiger partial charge in [0.2, 0.25) is 5.84 Å². The Bertz CT molecular complexity index is 1490. The Labute approximate surface area is 236 Å². The van der Waals surface area contributed by atoms with E-state index >= 15 is 0 Å². The third-order valence-electron chi connectivity index (χ3n) is 6.30. The molecule has 0 spiro atoms. The van der Waals surface area contributed by atoms with Crippen molar-refractivity contribution in [1.82, 2.24) is 14.5 Å². The number of anilines is 1. The largest absolute Gasteiger partial charge is 0.477 e. The first-order chi connectivity index (χ1) is 18.8. The number of carboxylic acid groups (broad SMARTS) is 1. The number of thioether (sulfide) groups is 1. The van der Waals surface area contributed by atoms with Crippen molar-refractivity contribution in [2.75, 3.05) is 17.8 Å². The summed E-state index contributed by atoms with van der Waals surface area (Å²) >= 11 is 8.24. The molecule has 2 aromatic carbocycles. The molecule has 3 aromatic rings. The van der Waals surface area contributed by atoms with E-state index in [4.69, 9.17) is 17.3 Å². The molecular weight excluding hydrogens is 564 g/mol. The van der Waals surface area contributed by atoms with Crippen LogP contribution in [-0.2, 0) is 25.1 Å². The summed E-state index contributed by atoms with van der Waals surface area (Å²) in [5.74, 6) is -2.30. The van der Waals surface area contributed by atoms with E-state index in [9.17, 15) is 19.5 Å². The Morgan fingerprint density at radius 1 is 1.23 bits per heavy atom. The molecule has 5 rings (SSSR count). The van der Waals surface area contributed by atoms with Gasteiger partial charge in [-0.25, -0.2) is 4.79 Å². The lowest BCUT2D eigenvalue weighted by Gasteiger charge is -2.52. The standard InChI is InChI=1S/C25H21ClN6O5S2/c1-37-29-21(27)23(34)31(18-12-39-30-28-18)20-22(33)32-19(25(35)36)17(11-38-24(20)32)16-4-2-3-15(9-16)14-7-5-13(10-26)6-8-14/h2-9,12,20,24H,10-11H2,1H3,(H2,27,29)(H,35,36)/t20-,24+/m1/s1. The molecule has 2 aliphatic heterocycles. The van der Waals surface area contributed by atoms with Crippen LogP contribution in [0.1, 0.15) is 11.1 Å². The number of aliphatic carboxylic acids is 1. The van der Waals surface area contributed by atoms with E-state index in [1.54, 1.807) is 0 Å². The molecule has 1 fully saturated rings. The Morgan fingerprint density at radius 3 is 2.62 bits per heavy atom. The number of hydrogen-bond donors (Lipinski definition) is 2. The fourth-order valence-electron chi connectivity index (χ4n) is 4.50. The highest BCUT2D eigenvalue weighted by Gasteiger charge is 2.58. The van der Waals surface area contributed by atoms with Crippen molar-refractivity contribution in [2.45, 2.75) is 17.3 Å². The van der Waals surface area contributed by atoms with Crippen LogP contribution in [0, 0.1) is 0 Å². The summed E-state index contributed by atoms with van der Waals surface area (Å²) in [6, 6.07) is 14.2. The highest BCUT2D eigenvalue weighted by molar-refractivity contribution is 8.00. The van der Waals surface area contributed by atoms with Crippen LogP contribution < -0.4 is 10.6 Å². The molecule has 0 bridgehead atoms. The highest BCUT2D eigenvalue weighted by Crippen LogP contribution is 2.46. The summed E-state index contributed by atoms with van der Waals surface area (Å²) in [5, 5.41) is 18.4. The molecule has 2 amide bonds. The van der Waals surface area contributed by atoms with Gasteiger partial charge in [0.25, 0.3) is 11.8 Å². The van der Waals surface area contributed by atoms with Crippen molar-refractivity contribution >= 4 is 69.9 Å². The average Bonchev–Trinajstić information content (AvgIpc) is 3.49. The van der Waals surface area contributed by atoms with Gasteiger partial charge in [-0.15, -0.1) is 28.5 Å². The monoisotopic (exact) mass is 584 g/mol. The Hall–Kier alpha value is -3.94. The fourth-order valence-corrected chi connectivity index (χ4v) is 6.53. The van der Waals surface area contributed by atoms with Crippen LogP contribution >= 0.6 is 34.9 Å². The van der Waals surface area contributed by atoms with Crippen LogP contribution in [-0.4, -0.2) is 67.5 Å². The van der Waals surface area contributed by atoms with Crippen LogP contribution in [0.3, 0.4) is 0 Å². The molecule has 2 aliphatic rings. The zero-order valence-electron chi connectivity index (χ0n) is 20.4. The smallest absolute Gasteiger partial charge is 0.352 e. The normalized spacial score (nSPS) is 18.9. The van der Waals surface area contributed by atoms with Gasteiger partial charge >= 0.3 is 5.97 Å². The number of nitrogens with zero attached hydrogens (tertiary/aromatic N) is 5. The van der Waals surface area contributed by atoms with Crippen molar-refractivity contribution in [2.24, 2.45) is 10.9 Å². The number of benzene rings is 2. The van der Waals surface area contributed by atoms with E-state index in [2.05, 4.69) is 19.6 Å². The number of carbonyl (C=O) groups excluding carboxylic acids is 2. The maximum absolute atomic E-state index is 13.5. The Kier molecular flexibility index (Phi) is 7.55. The Balaban J connectivity index is 1.50. The molecule has 1 aromatic heterocycles. The quantitative estimate of drug-likeness (QED) is 0.140. The van der Waals surface area contributed by atoms with Crippen molar-refractivity contribution in [3.8, 4) is 11.1 Å². The first-order valence-electron chi connectivity index (χ1n) is 11.5. The third-order valence-corrected chi connectivity index (χ3v) is 8.36. The maximum Gasteiger partial charge on any atom is 0.352 e. The molecule has 3 N–H and O–H groups in total. The lowest BCUT2D eigenvalue weighted by molar-refractivity contribution is -0.148. The number of aromatic nitrogens is 2. The number of nitrogens with two attached hydrogens (primary N) is 1. The number of carbonyl (C=O) groups is 3. The molecule has 1 saturated heterocycles. The average molecular weight is 585 g/mol. The zero-order valence-corrected chi connectivity index (χ0v) is 22.7. The Morgan fingerprint density at radius 2 is 1.97 bits per heavy atom. The second-order valence-corrected chi connectivity index (χ2v) is 10.5. The molecular formula is C25H21ClN6O5S2. The number of alkyl halides is 1. The minimum Gasteiger partial charge on any atom is -0.477 e. The number of amides is 2. The van der Waals surface area contributed by atoms with Gasteiger partial charge in [0.05, 0.1) is 5.38 Å². The van der Waals surface area contributed by atoms with Crippen molar-refractivity contribution in [3.05, 3.63) is 70.7 Å². The second kappa shape index (κ2) is 11.0. The molecule has 39 heavy (non-hydrogen) atoms. The topological polar surface area (TPSA) is 151 Å². The predicted octanol–water partition coefficient (Wildman–Crippen LogP) is 2.98. The van der Waals surface area contributed by atoms with E-state index in [0.717, 1.165) is 33.1 Å². The molecule has 3 heterocycles. The summed E-state index contributed by atoms with van der Waals surface area (Å²) in [7, 11) is 1.23. The number of β-lactam (4-membered cyclic amide) rings is 1. The molecule has 200 valence electrons. The van der Waals surface area contributed by atoms with Crippen LogP contribution in [0.4, 0.5) is 5.82 Å². The van der Waals surface area contributed by atoms with Crippen LogP contribution in [0.25, 0.3) is 16.7 Å². The molecule has 11 nitrogen and oxygen atoms in total. The van der Waals surface area contributed by atoms with Gasteiger partial charge in [0.1, 0.15) is 24.2 Å². The lowest BCUT2D eigenvalue weighted by Crippen LogP contribution is -2.72. The summed E-state index contributed by atoms with van der Waals surface area (Å²) in [6.45, 7) is 0. The van der Waals surface area contributed by atoms with E-state index in [1.165, 1.54) is 29.2 Å². The first-order valence-corrected chi connectivity index (χ1v) is 13.9. The van der Waals surface area contributed by atoms with E-state index < -0.39 is 35.0 Å². The highest BCUT2D eigenvalue weighted by atomic mass is 35.5. The van der Waals surface area contributed by atoms with Crippen molar-refractivity contribution in [3.63, 3.8) is 0 Å². The van der Waals surface area contributed by atoms with Gasteiger partial charge in [0, 0.05) is 17.2 Å². The van der Waals surface area contributed by atoms with E-state index in [0.29, 0.717) is 22.8 Å². The van der Waals surface area contributed by atoms with Crippen LogP contribution in [0.15, 0.2) is 64.8 Å². The number of amidine groups is 1. The van der Waals surface area contributed by atoms with Crippen LogP contribution in [0.5, 0.6) is 0 Å². The number of halogens is 1. The molecule has 0 radical (unpaired) electrons. The number of oxime groups is 1. The van der Waals surface area contributed by atoms with Gasteiger partial charge in [-0.3, -0.25) is 19.4 Å². The van der Waals surface area contributed by atoms with Crippen LogP contribution in [0.2, 0.25) is 0 Å². The third kappa shape index (κ3) is 4.84. The number of hydrogen-bond acceptors (Lipinski definition) is 9. The molecule has 2 atom stereocenters. The molecule has 0 saturated carbocycles. The summed E-state index contributed by atoms with van der Waals surface area (Å²) in [5.41, 5.74) is 9.66. The van der Waals surface area contributed by atoms with Gasteiger partial charge in [-0.1, -0.05) is 52.1 Å². The molecule has 0 unspecified atom stereocenters. The van der Waals surface area contributed by atoms with E-state index in [-0.39, 0.29) is 11.5 Å². The molecule has 14 heteroatoms. The summed E-state index contributed by atoms with van der Waals surface area (Å²) < 4.78 is 3.78.